The number of carbonyl (C=O) groups is 1. The highest BCUT2D eigenvalue weighted by Crippen LogP contribution is 2.39. The molecule has 2 atom stereocenters. The van der Waals surface area contributed by atoms with Crippen LogP contribution in [0, 0.1) is 5.92 Å². The SMILES string of the molecule is C=C[C@H]1CC[C@H](OC(C)=O)C(F)(F)C1. The Labute approximate surface area is 81.9 Å². The van der Waals surface area contributed by atoms with Gasteiger partial charge in [0.1, 0.15) is 0 Å². The van der Waals surface area contributed by atoms with E-state index in [2.05, 4.69) is 11.3 Å². The summed E-state index contributed by atoms with van der Waals surface area (Å²) < 4.78 is 31.3. The number of carbonyl (C=O) groups excluding carboxylic acids is 1. The molecular formula is C10H14F2O2. The van der Waals surface area contributed by atoms with E-state index in [-0.39, 0.29) is 18.8 Å². The highest BCUT2D eigenvalue weighted by molar-refractivity contribution is 5.66. The average Bonchev–Trinajstić information content (AvgIpc) is 2.07. The van der Waals surface area contributed by atoms with Crippen LogP contribution in [-0.2, 0) is 9.53 Å². The maximum Gasteiger partial charge on any atom is 0.303 e. The number of hydrogen-bond acceptors (Lipinski definition) is 2. The summed E-state index contributed by atoms with van der Waals surface area (Å²) in [7, 11) is 0. The third-order valence-corrected chi connectivity index (χ3v) is 2.45. The number of esters is 1. The van der Waals surface area contributed by atoms with Gasteiger partial charge in [-0.25, -0.2) is 8.78 Å². The molecule has 1 aliphatic rings. The molecule has 1 fully saturated rings. The summed E-state index contributed by atoms with van der Waals surface area (Å²) in [6.45, 7) is 4.64. The van der Waals surface area contributed by atoms with E-state index < -0.39 is 18.0 Å². The lowest BCUT2D eigenvalue weighted by atomic mass is 9.84. The van der Waals surface area contributed by atoms with E-state index in [1.165, 1.54) is 6.08 Å². The van der Waals surface area contributed by atoms with Crippen molar-refractivity contribution in [1.82, 2.24) is 0 Å². The molecule has 0 aliphatic heterocycles. The van der Waals surface area contributed by atoms with Crippen LogP contribution >= 0.6 is 0 Å². The minimum atomic E-state index is -2.91. The van der Waals surface area contributed by atoms with Gasteiger partial charge in [0.15, 0.2) is 6.10 Å². The number of rotatable bonds is 2. The summed E-state index contributed by atoms with van der Waals surface area (Å²) in [6.07, 6.45) is 0.836. The summed E-state index contributed by atoms with van der Waals surface area (Å²) >= 11 is 0. The van der Waals surface area contributed by atoms with Crippen LogP contribution in [-0.4, -0.2) is 18.0 Å². The fourth-order valence-corrected chi connectivity index (χ4v) is 1.71. The van der Waals surface area contributed by atoms with E-state index >= 15 is 0 Å². The Morgan fingerprint density at radius 3 is 2.64 bits per heavy atom. The first-order valence-corrected chi connectivity index (χ1v) is 4.63. The molecule has 1 saturated carbocycles. The largest absolute Gasteiger partial charge is 0.456 e. The molecule has 0 aromatic heterocycles. The van der Waals surface area contributed by atoms with Gasteiger partial charge in [0, 0.05) is 13.3 Å². The van der Waals surface area contributed by atoms with E-state index in [4.69, 9.17) is 0 Å². The zero-order valence-electron chi connectivity index (χ0n) is 8.13. The van der Waals surface area contributed by atoms with Crippen molar-refractivity contribution in [3.8, 4) is 0 Å². The van der Waals surface area contributed by atoms with Gasteiger partial charge in [-0.1, -0.05) is 6.08 Å². The molecule has 4 heteroatoms. The second-order valence-electron chi connectivity index (χ2n) is 3.64. The van der Waals surface area contributed by atoms with Gasteiger partial charge in [-0.15, -0.1) is 6.58 Å². The van der Waals surface area contributed by atoms with Crippen LogP contribution in [0.1, 0.15) is 26.2 Å². The predicted molar refractivity (Wildman–Crippen MR) is 48.0 cm³/mol. The lowest BCUT2D eigenvalue weighted by molar-refractivity contribution is -0.182. The molecule has 0 bridgehead atoms. The molecule has 0 heterocycles. The molecule has 0 aromatic rings. The standard InChI is InChI=1S/C10H14F2O2/c1-3-8-4-5-9(14-7(2)13)10(11,12)6-8/h3,8-9H,1,4-6H2,2H3/t8-,9-/m0/s1. The van der Waals surface area contributed by atoms with Crippen LogP contribution < -0.4 is 0 Å². The molecule has 1 rings (SSSR count). The summed E-state index contributed by atoms with van der Waals surface area (Å²) in [4.78, 5) is 10.6. The van der Waals surface area contributed by atoms with Crippen molar-refractivity contribution in [3.63, 3.8) is 0 Å². The fraction of sp³-hybridized carbons (Fsp3) is 0.700. The lowest BCUT2D eigenvalue weighted by Crippen LogP contribution is -2.42. The number of alkyl halides is 2. The number of hydrogen-bond donors (Lipinski definition) is 0. The maximum absolute atomic E-state index is 13.3. The van der Waals surface area contributed by atoms with Crippen LogP contribution in [0.15, 0.2) is 12.7 Å². The number of ether oxygens (including phenoxy) is 1. The van der Waals surface area contributed by atoms with E-state index in [1.54, 1.807) is 0 Å². The van der Waals surface area contributed by atoms with Gasteiger partial charge in [-0.3, -0.25) is 4.79 Å². The van der Waals surface area contributed by atoms with Gasteiger partial charge in [0.25, 0.3) is 5.92 Å². The highest BCUT2D eigenvalue weighted by Gasteiger charge is 2.46. The number of halogens is 2. The zero-order chi connectivity index (χ0) is 10.8. The van der Waals surface area contributed by atoms with Gasteiger partial charge in [-0.05, 0) is 18.8 Å². The second-order valence-corrected chi connectivity index (χ2v) is 3.64. The second kappa shape index (κ2) is 4.07. The predicted octanol–water partition coefficient (Wildman–Crippen LogP) is 2.54. The van der Waals surface area contributed by atoms with Gasteiger partial charge < -0.3 is 4.74 Å². The summed E-state index contributed by atoms with van der Waals surface area (Å²) in [5.74, 6) is -3.73. The molecule has 1 aliphatic carbocycles. The Balaban J connectivity index is 2.62. The first-order valence-electron chi connectivity index (χ1n) is 4.63. The van der Waals surface area contributed by atoms with Crippen LogP contribution in [0.3, 0.4) is 0 Å². The smallest absolute Gasteiger partial charge is 0.303 e. The van der Waals surface area contributed by atoms with E-state index in [0.29, 0.717) is 6.42 Å². The first-order chi connectivity index (χ1) is 6.45. The van der Waals surface area contributed by atoms with Crippen molar-refractivity contribution in [2.45, 2.75) is 38.2 Å². The van der Waals surface area contributed by atoms with Gasteiger partial charge in [0.05, 0.1) is 0 Å². The summed E-state index contributed by atoms with van der Waals surface area (Å²) in [5.41, 5.74) is 0. The maximum atomic E-state index is 13.3. The molecule has 0 N–H and O–H groups in total. The molecule has 0 unspecified atom stereocenters. The Morgan fingerprint density at radius 2 is 2.21 bits per heavy atom. The van der Waals surface area contributed by atoms with Crippen molar-refractivity contribution >= 4 is 5.97 Å². The minimum Gasteiger partial charge on any atom is -0.456 e. The van der Waals surface area contributed by atoms with Gasteiger partial charge >= 0.3 is 5.97 Å². The average molecular weight is 204 g/mol. The Bertz CT molecular complexity index is 238. The Kier molecular flexibility index (Phi) is 3.24. The van der Waals surface area contributed by atoms with E-state index in [0.717, 1.165) is 6.92 Å². The molecule has 2 nitrogen and oxygen atoms in total. The van der Waals surface area contributed by atoms with Crippen molar-refractivity contribution in [3.05, 3.63) is 12.7 Å². The third-order valence-electron chi connectivity index (χ3n) is 2.45. The summed E-state index contributed by atoms with van der Waals surface area (Å²) in [5, 5.41) is 0. The number of allylic oxidation sites excluding steroid dienone is 1. The summed E-state index contributed by atoms with van der Waals surface area (Å²) in [6, 6.07) is 0. The molecule has 0 radical (unpaired) electrons. The molecule has 80 valence electrons. The normalized spacial score (nSPS) is 30.8. The first kappa shape index (κ1) is 11.1. The van der Waals surface area contributed by atoms with Crippen LogP contribution in [0.5, 0.6) is 0 Å². The van der Waals surface area contributed by atoms with E-state index in [9.17, 15) is 13.6 Å². The molecule has 0 aromatic carbocycles. The van der Waals surface area contributed by atoms with Gasteiger partial charge in [-0.2, -0.15) is 0 Å². The lowest BCUT2D eigenvalue weighted by Gasteiger charge is -2.33. The van der Waals surface area contributed by atoms with Crippen molar-refractivity contribution in [2.24, 2.45) is 5.92 Å². The van der Waals surface area contributed by atoms with Crippen molar-refractivity contribution < 1.29 is 18.3 Å². The van der Waals surface area contributed by atoms with Crippen LogP contribution in [0.25, 0.3) is 0 Å². The molecule has 0 saturated heterocycles. The van der Waals surface area contributed by atoms with Crippen LogP contribution in [0.4, 0.5) is 8.78 Å². The Morgan fingerprint density at radius 1 is 1.57 bits per heavy atom. The molecular weight excluding hydrogens is 190 g/mol. The van der Waals surface area contributed by atoms with Gasteiger partial charge in [0.2, 0.25) is 0 Å². The van der Waals surface area contributed by atoms with E-state index in [1.807, 2.05) is 0 Å². The zero-order valence-corrected chi connectivity index (χ0v) is 8.13. The fourth-order valence-electron chi connectivity index (χ4n) is 1.71. The quantitative estimate of drug-likeness (QED) is 0.510. The highest BCUT2D eigenvalue weighted by atomic mass is 19.3. The molecule has 0 spiro atoms. The van der Waals surface area contributed by atoms with Crippen molar-refractivity contribution in [1.29, 1.82) is 0 Å². The molecule has 0 amide bonds. The minimum absolute atomic E-state index is 0.170. The Hall–Kier alpha value is -0.930. The third kappa shape index (κ3) is 2.53. The molecule has 14 heavy (non-hydrogen) atoms. The van der Waals surface area contributed by atoms with Crippen molar-refractivity contribution in [2.75, 3.05) is 0 Å². The van der Waals surface area contributed by atoms with Crippen LogP contribution in [0.2, 0.25) is 0 Å². The topological polar surface area (TPSA) is 26.3 Å². The monoisotopic (exact) mass is 204 g/mol.